The van der Waals surface area contributed by atoms with Gasteiger partial charge in [-0.25, -0.2) is 9.50 Å². The average Bonchev–Trinajstić information content (AvgIpc) is 3.49. The summed E-state index contributed by atoms with van der Waals surface area (Å²) in [6.45, 7) is 2.22. The molecule has 4 heterocycles. The van der Waals surface area contributed by atoms with E-state index >= 15 is 0 Å². The minimum absolute atomic E-state index is 0.0320. The molecule has 0 radical (unpaired) electrons. The maximum atomic E-state index is 12.8. The van der Waals surface area contributed by atoms with Crippen molar-refractivity contribution in [3.63, 3.8) is 0 Å². The van der Waals surface area contributed by atoms with Crippen LogP contribution in [-0.2, 0) is 0 Å². The van der Waals surface area contributed by atoms with Gasteiger partial charge in [0, 0.05) is 30.5 Å². The van der Waals surface area contributed by atoms with Crippen LogP contribution in [0.5, 0.6) is 0 Å². The minimum Gasteiger partial charge on any atom is -0.372 e. The van der Waals surface area contributed by atoms with Gasteiger partial charge in [0.15, 0.2) is 5.65 Å². The third-order valence-electron chi connectivity index (χ3n) is 5.00. The van der Waals surface area contributed by atoms with Crippen molar-refractivity contribution in [1.29, 1.82) is 0 Å². The van der Waals surface area contributed by atoms with Crippen LogP contribution in [0.25, 0.3) is 16.9 Å². The van der Waals surface area contributed by atoms with E-state index in [0.717, 1.165) is 24.3 Å². The molecule has 0 unspecified atom stereocenters. The normalized spacial score (nSPS) is 14.1. The van der Waals surface area contributed by atoms with Crippen LogP contribution in [0.3, 0.4) is 0 Å². The zero-order valence-electron chi connectivity index (χ0n) is 14.7. The summed E-state index contributed by atoms with van der Waals surface area (Å²) in [5, 5.41) is 6.38. The first kappa shape index (κ1) is 16.2. The van der Waals surface area contributed by atoms with E-state index in [4.69, 9.17) is 0 Å². The predicted octanol–water partition coefficient (Wildman–Crippen LogP) is 4.29. The number of hydrogen-bond acceptors (Lipinski definition) is 5. The lowest BCUT2D eigenvalue weighted by Gasteiger charge is -2.18. The highest BCUT2D eigenvalue weighted by atomic mass is 32.1. The summed E-state index contributed by atoms with van der Waals surface area (Å²) < 4.78 is 1.77. The molecule has 6 heteroatoms. The lowest BCUT2D eigenvalue weighted by atomic mass is 10.1. The van der Waals surface area contributed by atoms with Crippen molar-refractivity contribution < 1.29 is 4.79 Å². The quantitative estimate of drug-likeness (QED) is 0.500. The number of hydrogen-bond donors (Lipinski definition) is 0. The number of nitrogens with zero attached hydrogens (tertiary/aromatic N) is 4. The van der Waals surface area contributed by atoms with Crippen molar-refractivity contribution in [2.45, 2.75) is 12.8 Å². The lowest BCUT2D eigenvalue weighted by molar-refractivity contribution is 0.104. The summed E-state index contributed by atoms with van der Waals surface area (Å²) in [5.74, 6) is -0.0320. The molecule has 1 aromatic carbocycles. The average molecular weight is 374 g/mol. The topological polar surface area (TPSA) is 50.5 Å². The third-order valence-corrected chi connectivity index (χ3v) is 5.87. The Kier molecular flexibility index (Phi) is 3.98. The van der Waals surface area contributed by atoms with E-state index in [2.05, 4.69) is 39.2 Å². The molecule has 3 aromatic heterocycles. The molecule has 0 saturated carbocycles. The van der Waals surface area contributed by atoms with Gasteiger partial charge < -0.3 is 4.90 Å². The summed E-state index contributed by atoms with van der Waals surface area (Å²) in [6, 6.07) is 14.2. The van der Waals surface area contributed by atoms with Crippen LogP contribution >= 0.6 is 11.3 Å². The molecule has 0 spiro atoms. The molecule has 0 aliphatic carbocycles. The fraction of sp³-hybridized carbons (Fsp3) is 0.190. The van der Waals surface area contributed by atoms with E-state index in [1.165, 1.54) is 29.9 Å². The third kappa shape index (κ3) is 2.82. The van der Waals surface area contributed by atoms with E-state index < -0.39 is 0 Å². The zero-order valence-corrected chi connectivity index (χ0v) is 15.5. The van der Waals surface area contributed by atoms with Crippen molar-refractivity contribution in [3.8, 4) is 11.3 Å². The largest absolute Gasteiger partial charge is 0.372 e. The highest BCUT2D eigenvalue weighted by Crippen LogP contribution is 2.28. The van der Waals surface area contributed by atoms with Gasteiger partial charge in [0.2, 0.25) is 5.78 Å². The number of fused-ring (bicyclic) bond motifs is 1. The molecular formula is C21H18N4OS. The van der Waals surface area contributed by atoms with Crippen molar-refractivity contribution in [1.82, 2.24) is 14.6 Å². The molecule has 5 nitrogen and oxygen atoms in total. The van der Waals surface area contributed by atoms with Crippen molar-refractivity contribution >= 4 is 28.5 Å². The smallest absolute Gasteiger partial charge is 0.208 e. The van der Waals surface area contributed by atoms with Crippen LogP contribution in [-0.4, -0.2) is 33.5 Å². The molecule has 0 N–H and O–H groups in total. The molecule has 4 aromatic rings. The molecule has 5 rings (SSSR count). The van der Waals surface area contributed by atoms with E-state index in [9.17, 15) is 4.79 Å². The fourth-order valence-electron chi connectivity index (χ4n) is 3.65. The van der Waals surface area contributed by atoms with Gasteiger partial charge in [-0.1, -0.05) is 18.2 Å². The van der Waals surface area contributed by atoms with Crippen LogP contribution < -0.4 is 4.90 Å². The summed E-state index contributed by atoms with van der Waals surface area (Å²) >= 11 is 1.43. The number of anilines is 1. The number of carbonyl (C=O) groups excluding carboxylic acids is 1. The molecule has 1 fully saturated rings. The van der Waals surface area contributed by atoms with Gasteiger partial charge in [-0.05, 0) is 42.5 Å². The molecule has 1 aliphatic heterocycles. The van der Waals surface area contributed by atoms with Crippen LogP contribution in [0.4, 0.5) is 5.69 Å². The SMILES string of the molecule is O=C(c1cccs1)c1cnn2c(-c3cccc(N4CCCC4)c3)ccnc12. The monoisotopic (exact) mass is 374 g/mol. The maximum absolute atomic E-state index is 12.8. The molecule has 0 amide bonds. The second-order valence-corrected chi connectivity index (χ2v) is 7.62. The van der Waals surface area contributed by atoms with Gasteiger partial charge in [0.1, 0.15) is 0 Å². The minimum atomic E-state index is -0.0320. The van der Waals surface area contributed by atoms with Crippen molar-refractivity contribution in [2.24, 2.45) is 0 Å². The molecule has 0 bridgehead atoms. The second kappa shape index (κ2) is 6.63. The zero-order chi connectivity index (χ0) is 18.2. The van der Waals surface area contributed by atoms with Gasteiger partial charge in [0.05, 0.1) is 22.3 Å². The summed E-state index contributed by atoms with van der Waals surface area (Å²) in [7, 11) is 0. The Bertz CT molecular complexity index is 1110. The fourth-order valence-corrected chi connectivity index (χ4v) is 4.33. The van der Waals surface area contributed by atoms with Crippen molar-refractivity contribution in [3.05, 3.63) is 70.7 Å². The van der Waals surface area contributed by atoms with Gasteiger partial charge in [-0.2, -0.15) is 5.10 Å². The molecule has 0 atom stereocenters. The molecule has 1 saturated heterocycles. The Morgan fingerprint density at radius 2 is 1.96 bits per heavy atom. The van der Waals surface area contributed by atoms with Gasteiger partial charge in [0.25, 0.3) is 0 Å². The number of carbonyl (C=O) groups is 1. The Morgan fingerprint density at radius 1 is 1.07 bits per heavy atom. The summed E-state index contributed by atoms with van der Waals surface area (Å²) in [5.41, 5.74) is 4.38. The van der Waals surface area contributed by atoms with E-state index in [-0.39, 0.29) is 5.78 Å². The van der Waals surface area contributed by atoms with Crippen LogP contribution in [0, 0.1) is 0 Å². The standard InChI is InChI=1S/C21H18N4OS/c26-20(19-7-4-12-27-19)17-14-23-25-18(8-9-22-21(17)25)15-5-3-6-16(13-15)24-10-1-2-11-24/h3-9,12-14H,1-2,10-11H2. The van der Waals surface area contributed by atoms with Crippen LogP contribution in [0.1, 0.15) is 28.1 Å². The molecule has 27 heavy (non-hydrogen) atoms. The number of benzene rings is 1. The Balaban J connectivity index is 1.59. The lowest BCUT2D eigenvalue weighted by Crippen LogP contribution is -2.17. The first-order valence-electron chi connectivity index (χ1n) is 9.07. The number of rotatable bonds is 4. The number of aromatic nitrogens is 3. The van der Waals surface area contributed by atoms with Gasteiger partial charge in [-0.15, -0.1) is 11.3 Å². The predicted molar refractivity (Wildman–Crippen MR) is 108 cm³/mol. The molecule has 134 valence electrons. The van der Waals surface area contributed by atoms with Crippen LogP contribution in [0.2, 0.25) is 0 Å². The Hall–Kier alpha value is -2.99. The molecular weight excluding hydrogens is 356 g/mol. The first-order valence-corrected chi connectivity index (χ1v) is 9.95. The summed E-state index contributed by atoms with van der Waals surface area (Å²) in [6.07, 6.45) is 5.87. The first-order chi connectivity index (χ1) is 13.3. The Morgan fingerprint density at radius 3 is 2.78 bits per heavy atom. The van der Waals surface area contributed by atoms with E-state index in [0.29, 0.717) is 16.1 Å². The Labute approximate surface area is 160 Å². The summed E-state index contributed by atoms with van der Waals surface area (Å²) in [4.78, 5) is 20.3. The van der Waals surface area contributed by atoms with Gasteiger partial charge in [-0.3, -0.25) is 4.79 Å². The maximum Gasteiger partial charge on any atom is 0.208 e. The van der Waals surface area contributed by atoms with Crippen LogP contribution in [0.15, 0.2) is 60.2 Å². The number of ketones is 1. The highest BCUT2D eigenvalue weighted by Gasteiger charge is 2.19. The van der Waals surface area contributed by atoms with Gasteiger partial charge >= 0.3 is 0 Å². The second-order valence-electron chi connectivity index (χ2n) is 6.67. The van der Waals surface area contributed by atoms with E-state index in [1.54, 1.807) is 16.9 Å². The van der Waals surface area contributed by atoms with E-state index in [1.807, 2.05) is 23.6 Å². The van der Waals surface area contributed by atoms with Crippen molar-refractivity contribution in [2.75, 3.05) is 18.0 Å². The molecule has 1 aliphatic rings. The number of thiophene rings is 1. The highest BCUT2D eigenvalue weighted by molar-refractivity contribution is 7.12.